The number of anilines is 1. The lowest BCUT2D eigenvalue weighted by atomic mass is 10.1. The van der Waals surface area contributed by atoms with Gasteiger partial charge in [-0.25, -0.2) is 0 Å². The molecule has 2 aromatic carbocycles. The van der Waals surface area contributed by atoms with E-state index in [0.29, 0.717) is 0 Å². The van der Waals surface area contributed by atoms with E-state index in [1.165, 1.54) is 11.1 Å². The standard InChI is InChI=1S/C17H19NO2/c1-12-3-8-16-17(9-12)20-15(11-18-16)10-13-4-6-14(19-2)7-5-13/h3-9,15,18H,10-11H2,1-2H3. The molecule has 0 amide bonds. The predicted octanol–water partition coefficient (Wildman–Crippen LogP) is 3.42. The van der Waals surface area contributed by atoms with Crippen LogP contribution in [0.25, 0.3) is 0 Å². The first-order chi connectivity index (χ1) is 9.74. The summed E-state index contributed by atoms with van der Waals surface area (Å²) in [5, 5.41) is 3.43. The molecule has 0 bridgehead atoms. The highest BCUT2D eigenvalue weighted by atomic mass is 16.5. The maximum absolute atomic E-state index is 6.08. The Morgan fingerprint density at radius 3 is 2.75 bits per heavy atom. The summed E-state index contributed by atoms with van der Waals surface area (Å²) in [4.78, 5) is 0. The van der Waals surface area contributed by atoms with Gasteiger partial charge in [-0.2, -0.15) is 0 Å². The van der Waals surface area contributed by atoms with Crippen molar-refractivity contribution in [3.8, 4) is 11.5 Å². The Kier molecular flexibility index (Phi) is 3.50. The van der Waals surface area contributed by atoms with Crippen molar-refractivity contribution in [2.24, 2.45) is 0 Å². The van der Waals surface area contributed by atoms with Gasteiger partial charge in [0.05, 0.1) is 19.3 Å². The number of hydrogen-bond acceptors (Lipinski definition) is 3. The molecule has 1 unspecified atom stereocenters. The molecule has 3 heteroatoms. The van der Waals surface area contributed by atoms with Crippen molar-refractivity contribution in [3.05, 3.63) is 53.6 Å². The summed E-state index contributed by atoms with van der Waals surface area (Å²) in [6.45, 7) is 2.92. The van der Waals surface area contributed by atoms with E-state index in [1.807, 2.05) is 12.1 Å². The van der Waals surface area contributed by atoms with Gasteiger partial charge in [-0.3, -0.25) is 0 Å². The molecule has 0 aromatic heterocycles. The van der Waals surface area contributed by atoms with Gasteiger partial charge in [-0.05, 0) is 42.3 Å². The first kappa shape index (κ1) is 12.9. The average molecular weight is 269 g/mol. The Bertz CT molecular complexity index is 592. The fourth-order valence-corrected chi connectivity index (χ4v) is 2.46. The molecule has 0 spiro atoms. The van der Waals surface area contributed by atoms with E-state index < -0.39 is 0 Å². The van der Waals surface area contributed by atoms with Crippen LogP contribution in [0.4, 0.5) is 5.69 Å². The number of ether oxygens (including phenoxy) is 2. The molecule has 3 rings (SSSR count). The number of rotatable bonds is 3. The van der Waals surface area contributed by atoms with E-state index in [-0.39, 0.29) is 6.10 Å². The van der Waals surface area contributed by atoms with E-state index in [2.05, 4.69) is 42.6 Å². The second-order valence-electron chi connectivity index (χ2n) is 5.17. The molecule has 1 heterocycles. The number of fused-ring (bicyclic) bond motifs is 1. The van der Waals surface area contributed by atoms with Gasteiger partial charge in [0.1, 0.15) is 17.6 Å². The molecule has 0 saturated carbocycles. The van der Waals surface area contributed by atoms with E-state index in [1.54, 1.807) is 7.11 Å². The molecule has 1 aliphatic rings. The van der Waals surface area contributed by atoms with Crippen molar-refractivity contribution in [1.29, 1.82) is 0 Å². The highest BCUT2D eigenvalue weighted by molar-refractivity contribution is 5.59. The minimum atomic E-state index is 0.165. The van der Waals surface area contributed by atoms with E-state index in [4.69, 9.17) is 9.47 Å². The third-order valence-corrected chi connectivity index (χ3v) is 3.57. The molecule has 1 N–H and O–H groups in total. The van der Waals surface area contributed by atoms with Crippen LogP contribution in [-0.2, 0) is 6.42 Å². The van der Waals surface area contributed by atoms with Crippen LogP contribution in [0.5, 0.6) is 11.5 Å². The zero-order valence-electron chi connectivity index (χ0n) is 11.8. The summed E-state index contributed by atoms with van der Waals surface area (Å²) in [6, 6.07) is 14.4. The van der Waals surface area contributed by atoms with E-state index in [9.17, 15) is 0 Å². The second-order valence-corrected chi connectivity index (χ2v) is 5.17. The molecule has 1 atom stereocenters. The number of nitrogens with one attached hydrogen (secondary N) is 1. The molecule has 0 saturated heterocycles. The lowest BCUT2D eigenvalue weighted by molar-refractivity contribution is 0.206. The van der Waals surface area contributed by atoms with Gasteiger partial charge in [0, 0.05) is 6.42 Å². The van der Waals surface area contributed by atoms with Gasteiger partial charge in [0.2, 0.25) is 0 Å². The van der Waals surface area contributed by atoms with Crippen molar-refractivity contribution in [2.75, 3.05) is 19.0 Å². The van der Waals surface area contributed by atoms with Gasteiger partial charge < -0.3 is 14.8 Å². The molecule has 0 radical (unpaired) electrons. The lowest BCUT2D eigenvalue weighted by Gasteiger charge is -2.27. The molecule has 0 aliphatic carbocycles. The Balaban J connectivity index is 1.70. The molecular formula is C17H19NO2. The molecule has 104 valence electrons. The van der Waals surface area contributed by atoms with Crippen LogP contribution < -0.4 is 14.8 Å². The van der Waals surface area contributed by atoms with Crippen LogP contribution in [0, 0.1) is 6.92 Å². The number of benzene rings is 2. The number of aryl methyl sites for hydroxylation is 1. The SMILES string of the molecule is COc1ccc(CC2CNc3ccc(C)cc3O2)cc1. The topological polar surface area (TPSA) is 30.5 Å². The quantitative estimate of drug-likeness (QED) is 0.926. The van der Waals surface area contributed by atoms with Gasteiger partial charge >= 0.3 is 0 Å². The summed E-state index contributed by atoms with van der Waals surface area (Å²) < 4.78 is 11.3. The lowest BCUT2D eigenvalue weighted by Crippen LogP contribution is -2.32. The van der Waals surface area contributed by atoms with Crippen LogP contribution in [0.1, 0.15) is 11.1 Å². The highest BCUT2D eigenvalue weighted by Crippen LogP contribution is 2.30. The smallest absolute Gasteiger partial charge is 0.143 e. The van der Waals surface area contributed by atoms with Crippen LogP contribution in [-0.4, -0.2) is 19.8 Å². The highest BCUT2D eigenvalue weighted by Gasteiger charge is 2.19. The van der Waals surface area contributed by atoms with Crippen molar-refractivity contribution in [2.45, 2.75) is 19.4 Å². The van der Waals surface area contributed by atoms with Crippen LogP contribution in [0.15, 0.2) is 42.5 Å². The van der Waals surface area contributed by atoms with Gasteiger partial charge in [0.25, 0.3) is 0 Å². The zero-order chi connectivity index (χ0) is 13.9. The van der Waals surface area contributed by atoms with E-state index >= 15 is 0 Å². The molecule has 1 aliphatic heterocycles. The maximum atomic E-state index is 6.08. The summed E-state index contributed by atoms with van der Waals surface area (Å²) >= 11 is 0. The Morgan fingerprint density at radius 1 is 1.20 bits per heavy atom. The maximum Gasteiger partial charge on any atom is 0.143 e. The summed E-state index contributed by atoms with van der Waals surface area (Å²) in [5.41, 5.74) is 3.56. The molecule has 20 heavy (non-hydrogen) atoms. The zero-order valence-corrected chi connectivity index (χ0v) is 11.8. The molecule has 2 aromatic rings. The van der Waals surface area contributed by atoms with E-state index in [0.717, 1.165) is 30.2 Å². The number of hydrogen-bond donors (Lipinski definition) is 1. The van der Waals surface area contributed by atoms with Crippen molar-refractivity contribution < 1.29 is 9.47 Å². The van der Waals surface area contributed by atoms with Crippen LogP contribution in [0.2, 0.25) is 0 Å². The fraction of sp³-hybridized carbons (Fsp3) is 0.294. The largest absolute Gasteiger partial charge is 0.497 e. The minimum Gasteiger partial charge on any atom is -0.497 e. The first-order valence-electron chi connectivity index (χ1n) is 6.89. The predicted molar refractivity (Wildman–Crippen MR) is 80.8 cm³/mol. The van der Waals surface area contributed by atoms with Gasteiger partial charge in [-0.15, -0.1) is 0 Å². The van der Waals surface area contributed by atoms with Crippen LogP contribution >= 0.6 is 0 Å². The number of methoxy groups -OCH3 is 1. The van der Waals surface area contributed by atoms with Crippen molar-refractivity contribution >= 4 is 5.69 Å². The Morgan fingerprint density at radius 2 is 2.00 bits per heavy atom. The minimum absolute atomic E-state index is 0.165. The normalized spacial score (nSPS) is 16.8. The first-order valence-corrected chi connectivity index (χ1v) is 6.89. The Labute approximate surface area is 119 Å². The van der Waals surface area contributed by atoms with Gasteiger partial charge in [0.15, 0.2) is 0 Å². The summed E-state index contributed by atoms with van der Waals surface area (Å²) in [7, 11) is 1.68. The molecule has 3 nitrogen and oxygen atoms in total. The molecule has 0 fully saturated rings. The summed E-state index contributed by atoms with van der Waals surface area (Å²) in [6.07, 6.45) is 1.06. The van der Waals surface area contributed by atoms with Crippen LogP contribution in [0.3, 0.4) is 0 Å². The average Bonchev–Trinajstić information content (AvgIpc) is 2.47. The third kappa shape index (κ3) is 2.72. The van der Waals surface area contributed by atoms with Crippen molar-refractivity contribution in [3.63, 3.8) is 0 Å². The summed E-state index contributed by atoms with van der Waals surface area (Å²) in [5.74, 6) is 1.84. The van der Waals surface area contributed by atoms with Gasteiger partial charge in [-0.1, -0.05) is 18.2 Å². The Hall–Kier alpha value is -2.16. The molecular weight excluding hydrogens is 250 g/mol. The monoisotopic (exact) mass is 269 g/mol. The second kappa shape index (κ2) is 5.45. The van der Waals surface area contributed by atoms with Crippen molar-refractivity contribution in [1.82, 2.24) is 0 Å². The fourth-order valence-electron chi connectivity index (χ4n) is 2.46. The third-order valence-electron chi connectivity index (χ3n) is 3.57.